The van der Waals surface area contributed by atoms with Crippen LogP contribution in [0.5, 0.6) is 0 Å². The Morgan fingerprint density at radius 3 is 2.33 bits per heavy atom. The second-order valence-corrected chi connectivity index (χ2v) is 3.22. The van der Waals surface area contributed by atoms with E-state index in [1.807, 2.05) is 6.07 Å². The van der Waals surface area contributed by atoms with Crippen molar-refractivity contribution in [3.8, 4) is 12.1 Å². The molecule has 15 heavy (non-hydrogen) atoms. The molecular weight excluding hydrogens is 184 g/mol. The van der Waals surface area contributed by atoms with Gasteiger partial charge in [0.05, 0.1) is 23.3 Å². The molecule has 2 aromatic carbocycles. The Morgan fingerprint density at radius 2 is 1.67 bits per heavy atom. The third-order valence-electron chi connectivity index (χ3n) is 2.37. The molecule has 0 aromatic heterocycles. The topological polar surface area (TPSA) is 47.6 Å². The molecule has 69 valence electrons. The first-order chi connectivity index (χ1) is 7.27. The molecule has 0 aliphatic heterocycles. The van der Waals surface area contributed by atoms with Crippen LogP contribution in [0.1, 0.15) is 16.7 Å². The fourth-order valence-corrected chi connectivity index (χ4v) is 1.67. The van der Waals surface area contributed by atoms with Gasteiger partial charge in [-0.05, 0) is 24.6 Å². The predicted molar refractivity (Wildman–Crippen MR) is 57.8 cm³/mol. The SMILES string of the molecule is [CH2]c1ccc(C#N)c2cccc(C#N)c12. The molecule has 0 aliphatic carbocycles. The average Bonchev–Trinajstić information content (AvgIpc) is 2.29. The smallest absolute Gasteiger partial charge is 0.0998 e. The molecule has 2 aromatic rings. The normalized spacial score (nSPS) is 9.53. The maximum Gasteiger partial charge on any atom is 0.0998 e. The van der Waals surface area contributed by atoms with Crippen molar-refractivity contribution in [3.63, 3.8) is 0 Å². The van der Waals surface area contributed by atoms with Crippen LogP contribution in [0.2, 0.25) is 0 Å². The summed E-state index contributed by atoms with van der Waals surface area (Å²) in [5.41, 5.74) is 1.92. The lowest BCUT2D eigenvalue weighted by Gasteiger charge is -2.04. The number of hydrogen-bond acceptors (Lipinski definition) is 2. The van der Waals surface area contributed by atoms with Crippen molar-refractivity contribution in [1.29, 1.82) is 10.5 Å². The zero-order chi connectivity index (χ0) is 10.8. The second-order valence-electron chi connectivity index (χ2n) is 3.22. The summed E-state index contributed by atoms with van der Waals surface area (Å²) in [6.07, 6.45) is 0. The molecule has 0 aliphatic rings. The monoisotopic (exact) mass is 191 g/mol. The molecule has 2 rings (SSSR count). The predicted octanol–water partition coefficient (Wildman–Crippen LogP) is 2.77. The number of nitriles is 2. The molecule has 1 radical (unpaired) electrons. The highest BCUT2D eigenvalue weighted by Gasteiger charge is 2.06. The molecule has 0 atom stereocenters. The van der Waals surface area contributed by atoms with Crippen molar-refractivity contribution in [1.82, 2.24) is 0 Å². The zero-order valence-electron chi connectivity index (χ0n) is 7.99. The molecular formula is C13H7N2. The summed E-state index contributed by atoms with van der Waals surface area (Å²) >= 11 is 0. The average molecular weight is 191 g/mol. The van der Waals surface area contributed by atoms with Gasteiger partial charge in [0.2, 0.25) is 0 Å². The van der Waals surface area contributed by atoms with Crippen LogP contribution in [-0.4, -0.2) is 0 Å². The molecule has 0 saturated heterocycles. The third-order valence-corrected chi connectivity index (χ3v) is 2.37. The van der Waals surface area contributed by atoms with Crippen molar-refractivity contribution < 1.29 is 0 Å². The summed E-state index contributed by atoms with van der Waals surface area (Å²) in [6, 6.07) is 13.1. The van der Waals surface area contributed by atoms with E-state index in [0.717, 1.165) is 16.3 Å². The first-order valence-corrected chi connectivity index (χ1v) is 4.46. The highest BCUT2D eigenvalue weighted by molar-refractivity contribution is 5.95. The van der Waals surface area contributed by atoms with Crippen LogP contribution in [0, 0.1) is 29.6 Å². The van der Waals surface area contributed by atoms with Gasteiger partial charge < -0.3 is 0 Å². The van der Waals surface area contributed by atoms with Gasteiger partial charge in [0.15, 0.2) is 0 Å². The first kappa shape index (κ1) is 9.24. The van der Waals surface area contributed by atoms with E-state index >= 15 is 0 Å². The van der Waals surface area contributed by atoms with Crippen LogP contribution >= 0.6 is 0 Å². The summed E-state index contributed by atoms with van der Waals surface area (Å²) in [5, 5.41) is 19.5. The Kier molecular flexibility index (Phi) is 2.12. The molecule has 2 heteroatoms. The van der Waals surface area contributed by atoms with Crippen LogP contribution < -0.4 is 0 Å². The van der Waals surface area contributed by atoms with E-state index < -0.39 is 0 Å². The van der Waals surface area contributed by atoms with Gasteiger partial charge in [-0.3, -0.25) is 0 Å². The molecule has 0 amide bonds. The largest absolute Gasteiger partial charge is 0.192 e. The lowest BCUT2D eigenvalue weighted by atomic mass is 9.97. The number of fused-ring (bicyclic) bond motifs is 1. The highest BCUT2D eigenvalue weighted by Crippen LogP contribution is 2.25. The Balaban J connectivity index is 3.02. The van der Waals surface area contributed by atoms with E-state index in [2.05, 4.69) is 19.1 Å². The minimum Gasteiger partial charge on any atom is -0.192 e. The van der Waals surface area contributed by atoms with E-state index in [1.165, 1.54) is 0 Å². The fourth-order valence-electron chi connectivity index (χ4n) is 1.67. The summed E-state index contributed by atoms with van der Waals surface area (Å²) in [4.78, 5) is 0. The van der Waals surface area contributed by atoms with Gasteiger partial charge in [-0.15, -0.1) is 0 Å². The van der Waals surface area contributed by atoms with E-state index in [-0.39, 0.29) is 0 Å². The van der Waals surface area contributed by atoms with Crippen molar-refractivity contribution in [3.05, 3.63) is 53.9 Å². The molecule has 0 spiro atoms. The van der Waals surface area contributed by atoms with Crippen molar-refractivity contribution >= 4 is 10.8 Å². The second kappa shape index (κ2) is 3.44. The molecule has 0 saturated carbocycles. The maximum absolute atomic E-state index is 8.96. The third kappa shape index (κ3) is 1.33. The summed E-state index contributed by atoms with van der Waals surface area (Å²) < 4.78 is 0. The Hall–Kier alpha value is -2.32. The minimum atomic E-state index is 0.564. The molecule has 2 nitrogen and oxygen atoms in total. The number of nitrogens with zero attached hydrogens (tertiary/aromatic N) is 2. The van der Waals surface area contributed by atoms with E-state index in [9.17, 15) is 0 Å². The Labute approximate surface area is 88.0 Å². The van der Waals surface area contributed by atoms with Crippen molar-refractivity contribution in [2.24, 2.45) is 0 Å². The highest BCUT2D eigenvalue weighted by atomic mass is 14.3. The van der Waals surface area contributed by atoms with Crippen LogP contribution in [0.3, 0.4) is 0 Å². The van der Waals surface area contributed by atoms with Crippen LogP contribution in [-0.2, 0) is 0 Å². The van der Waals surface area contributed by atoms with E-state index in [1.54, 1.807) is 24.3 Å². The summed E-state index contributed by atoms with van der Waals surface area (Å²) in [7, 11) is 0. The zero-order valence-corrected chi connectivity index (χ0v) is 7.99. The molecule has 0 bridgehead atoms. The number of hydrogen-bond donors (Lipinski definition) is 0. The lowest BCUT2D eigenvalue weighted by Crippen LogP contribution is -1.87. The first-order valence-electron chi connectivity index (χ1n) is 4.46. The summed E-state index contributed by atoms with van der Waals surface area (Å²) in [6.45, 7) is 3.87. The standard InChI is InChI=1S/C13H7N2/c1-9-5-6-10(7-14)12-4-2-3-11(8-15)13(9)12/h2-6H,1H2. The van der Waals surface area contributed by atoms with Gasteiger partial charge in [-0.25, -0.2) is 0 Å². The van der Waals surface area contributed by atoms with E-state index in [0.29, 0.717) is 11.1 Å². The number of rotatable bonds is 0. The fraction of sp³-hybridized carbons (Fsp3) is 0. The van der Waals surface area contributed by atoms with Gasteiger partial charge in [0.1, 0.15) is 0 Å². The molecule has 0 N–H and O–H groups in total. The van der Waals surface area contributed by atoms with Gasteiger partial charge in [0.25, 0.3) is 0 Å². The van der Waals surface area contributed by atoms with Gasteiger partial charge >= 0.3 is 0 Å². The van der Waals surface area contributed by atoms with Crippen molar-refractivity contribution in [2.75, 3.05) is 0 Å². The van der Waals surface area contributed by atoms with E-state index in [4.69, 9.17) is 10.5 Å². The Bertz CT molecular complexity index is 613. The van der Waals surface area contributed by atoms with Crippen LogP contribution in [0.25, 0.3) is 10.8 Å². The minimum absolute atomic E-state index is 0.564. The van der Waals surface area contributed by atoms with Crippen LogP contribution in [0.15, 0.2) is 30.3 Å². The van der Waals surface area contributed by atoms with Crippen molar-refractivity contribution in [2.45, 2.75) is 0 Å². The maximum atomic E-state index is 8.96. The van der Waals surface area contributed by atoms with Gasteiger partial charge in [0, 0.05) is 10.8 Å². The Morgan fingerprint density at radius 1 is 0.933 bits per heavy atom. The lowest BCUT2D eigenvalue weighted by molar-refractivity contribution is 1.48. The van der Waals surface area contributed by atoms with Gasteiger partial charge in [-0.2, -0.15) is 10.5 Å². The quantitative estimate of drug-likeness (QED) is 0.642. The molecule has 0 unspecified atom stereocenters. The molecule has 0 heterocycles. The molecule has 0 fully saturated rings. The number of benzene rings is 2. The summed E-state index contributed by atoms with van der Waals surface area (Å²) in [5.74, 6) is 0. The van der Waals surface area contributed by atoms with Crippen LogP contribution in [0.4, 0.5) is 0 Å². The van der Waals surface area contributed by atoms with Gasteiger partial charge in [-0.1, -0.05) is 18.2 Å².